The number of nitrogens with zero attached hydrogens (tertiary/aromatic N) is 4. The van der Waals surface area contributed by atoms with Crippen LogP contribution in [0.1, 0.15) is 72.2 Å². The number of fused-ring (bicyclic) bond motifs is 2. The van der Waals surface area contributed by atoms with E-state index in [4.69, 9.17) is 35.2 Å². The summed E-state index contributed by atoms with van der Waals surface area (Å²) >= 11 is 6.51. The standard InChI is InChI=1S/C35H43ClN4O4Si/c1-34(2,3)45(24-16-8-6-9-17-24,25-18-10-7-11-19-25)41-21-27-29-30(44-35(4,5)43-29)32(42-27)40-22-37-28-26(20-23-14-12-13-15-23)38-33(36)39-31(28)40/h6-11,16-19,22-23,27,29-30,32H,12-15,20-21H2,1-5H3/t27-,29-,30-,32-/m1/s1. The van der Waals surface area contributed by atoms with Gasteiger partial charge in [-0.15, -0.1) is 0 Å². The lowest BCUT2D eigenvalue weighted by molar-refractivity contribution is -0.199. The Bertz CT molecular complexity index is 1600. The minimum atomic E-state index is -2.79. The average molecular weight is 647 g/mol. The molecule has 238 valence electrons. The van der Waals surface area contributed by atoms with Crippen LogP contribution in [0.15, 0.2) is 67.0 Å². The Labute approximate surface area is 271 Å². The van der Waals surface area contributed by atoms with Gasteiger partial charge in [-0.05, 0) is 53.2 Å². The summed E-state index contributed by atoms with van der Waals surface area (Å²) in [6, 6.07) is 21.3. The zero-order valence-electron chi connectivity index (χ0n) is 26.8. The van der Waals surface area contributed by atoms with Crippen molar-refractivity contribution in [2.24, 2.45) is 5.92 Å². The Morgan fingerprint density at radius 2 is 1.56 bits per heavy atom. The molecule has 4 aromatic rings. The molecule has 10 heteroatoms. The molecule has 3 aliphatic rings. The number of imidazole rings is 1. The molecule has 7 rings (SSSR count). The lowest BCUT2D eigenvalue weighted by Gasteiger charge is -2.43. The van der Waals surface area contributed by atoms with E-state index in [1.54, 1.807) is 6.33 Å². The lowest BCUT2D eigenvalue weighted by atomic mass is 10.0. The maximum absolute atomic E-state index is 7.30. The molecule has 3 fully saturated rings. The molecule has 0 unspecified atom stereocenters. The number of ether oxygens (including phenoxy) is 3. The highest BCUT2D eigenvalue weighted by Crippen LogP contribution is 2.45. The van der Waals surface area contributed by atoms with Gasteiger partial charge in [0.15, 0.2) is 17.7 Å². The summed E-state index contributed by atoms with van der Waals surface area (Å²) in [5, 5.41) is 2.51. The largest absolute Gasteiger partial charge is 0.405 e. The van der Waals surface area contributed by atoms with E-state index < -0.39 is 20.3 Å². The smallest absolute Gasteiger partial charge is 0.261 e. The van der Waals surface area contributed by atoms with Crippen LogP contribution in [0.4, 0.5) is 0 Å². The van der Waals surface area contributed by atoms with Gasteiger partial charge >= 0.3 is 0 Å². The topological polar surface area (TPSA) is 80.5 Å². The lowest BCUT2D eigenvalue weighted by Crippen LogP contribution is -2.67. The number of rotatable bonds is 8. The van der Waals surface area contributed by atoms with Crippen molar-refractivity contribution in [3.05, 3.63) is 78.0 Å². The van der Waals surface area contributed by atoms with Crippen molar-refractivity contribution in [2.75, 3.05) is 6.61 Å². The van der Waals surface area contributed by atoms with Crippen LogP contribution in [-0.4, -0.2) is 58.5 Å². The highest BCUT2D eigenvalue weighted by molar-refractivity contribution is 6.99. The van der Waals surface area contributed by atoms with Gasteiger partial charge in [0.1, 0.15) is 23.8 Å². The fraction of sp³-hybridized carbons (Fsp3) is 0.514. The number of hydrogen-bond donors (Lipinski definition) is 0. The highest BCUT2D eigenvalue weighted by Gasteiger charge is 2.58. The minimum Gasteiger partial charge on any atom is -0.405 e. The van der Waals surface area contributed by atoms with Crippen molar-refractivity contribution in [3.8, 4) is 0 Å². The predicted molar refractivity (Wildman–Crippen MR) is 177 cm³/mol. The molecule has 4 atom stereocenters. The Morgan fingerprint density at radius 1 is 0.933 bits per heavy atom. The molecule has 8 nitrogen and oxygen atoms in total. The van der Waals surface area contributed by atoms with Crippen LogP contribution in [0.5, 0.6) is 0 Å². The van der Waals surface area contributed by atoms with E-state index in [9.17, 15) is 0 Å². The monoisotopic (exact) mass is 646 g/mol. The van der Waals surface area contributed by atoms with Gasteiger partial charge in [-0.25, -0.2) is 9.97 Å². The van der Waals surface area contributed by atoms with Gasteiger partial charge < -0.3 is 18.6 Å². The Hall–Kier alpha value is -2.66. The Balaban J connectivity index is 1.23. The summed E-state index contributed by atoms with van der Waals surface area (Å²) in [4.78, 5) is 14.1. The SMILES string of the molecule is CC1(C)O[C@@H]2[C@H](O1)[C@@H](CO[Si](c1ccccc1)(c1ccccc1)C(C)(C)C)O[C@H]2n1cnc2c(CC3CCCC3)nc(Cl)nc21. The Kier molecular flexibility index (Phi) is 8.15. The van der Waals surface area contributed by atoms with Crippen molar-refractivity contribution in [2.45, 2.75) is 102 Å². The number of halogens is 1. The fourth-order valence-corrected chi connectivity index (χ4v) is 12.5. The first kappa shape index (κ1) is 31.0. The van der Waals surface area contributed by atoms with Crippen molar-refractivity contribution < 1.29 is 18.6 Å². The molecule has 2 aromatic heterocycles. The zero-order chi connectivity index (χ0) is 31.4. The maximum atomic E-state index is 7.30. The van der Waals surface area contributed by atoms with Gasteiger partial charge in [-0.2, -0.15) is 4.98 Å². The molecule has 4 heterocycles. The normalized spacial score (nSPS) is 25.3. The van der Waals surface area contributed by atoms with Crippen LogP contribution in [0.25, 0.3) is 11.2 Å². The highest BCUT2D eigenvalue weighted by atomic mass is 35.5. The molecule has 1 aliphatic carbocycles. The molecule has 0 spiro atoms. The van der Waals surface area contributed by atoms with Crippen LogP contribution in [-0.2, 0) is 25.1 Å². The van der Waals surface area contributed by atoms with Crippen molar-refractivity contribution in [1.82, 2.24) is 19.5 Å². The van der Waals surface area contributed by atoms with Crippen LogP contribution >= 0.6 is 11.6 Å². The van der Waals surface area contributed by atoms with E-state index in [0.717, 1.165) is 17.6 Å². The quantitative estimate of drug-likeness (QED) is 0.166. The van der Waals surface area contributed by atoms with E-state index >= 15 is 0 Å². The average Bonchev–Trinajstić information content (AvgIpc) is 3.79. The summed E-state index contributed by atoms with van der Waals surface area (Å²) in [6.07, 6.45) is 6.00. The summed E-state index contributed by atoms with van der Waals surface area (Å²) in [5.74, 6) is -0.171. The van der Waals surface area contributed by atoms with Crippen molar-refractivity contribution in [1.29, 1.82) is 0 Å². The molecule has 2 aliphatic heterocycles. The van der Waals surface area contributed by atoms with Crippen LogP contribution in [0, 0.1) is 5.92 Å². The number of aromatic nitrogens is 4. The second-order valence-corrected chi connectivity index (χ2v) is 18.9. The zero-order valence-corrected chi connectivity index (χ0v) is 28.5. The summed E-state index contributed by atoms with van der Waals surface area (Å²) in [5.41, 5.74) is 2.34. The van der Waals surface area contributed by atoms with E-state index in [2.05, 4.69) is 91.4 Å². The van der Waals surface area contributed by atoms with Crippen LogP contribution < -0.4 is 10.4 Å². The van der Waals surface area contributed by atoms with Crippen LogP contribution in [0.2, 0.25) is 10.3 Å². The summed E-state index contributed by atoms with van der Waals surface area (Å²) in [6.45, 7) is 11.1. The first-order valence-electron chi connectivity index (χ1n) is 16.2. The van der Waals surface area contributed by atoms with Gasteiger partial charge in [0, 0.05) is 0 Å². The number of benzene rings is 2. The third kappa shape index (κ3) is 5.66. The molecule has 0 bridgehead atoms. The van der Waals surface area contributed by atoms with E-state index in [1.807, 2.05) is 18.4 Å². The van der Waals surface area contributed by atoms with E-state index in [0.29, 0.717) is 18.2 Å². The first-order valence-corrected chi connectivity index (χ1v) is 18.5. The third-order valence-electron chi connectivity index (χ3n) is 9.70. The second kappa shape index (κ2) is 11.9. The maximum Gasteiger partial charge on any atom is 0.261 e. The molecular formula is C35H43ClN4O4Si. The molecule has 0 radical (unpaired) electrons. The molecular weight excluding hydrogens is 604 g/mol. The van der Waals surface area contributed by atoms with Gasteiger partial charge in [0.05, 0.1) is 18.6 Å². The summed E-state index contributed by atoms with van der Waals surface area (Å²) < 4.78 is 29.1. The summed E-state index contributed by atoms with van der Waals surface area (Å²) in [7, 11) is -2.79. The molecule has 2 aromatic carbocycles. The molecule has 2 saturated heterocycles. The predicted octanol–water partition coefficient (Wildman–Crippen LogP) is 6.21. The first-order chi connectivity index (χ1) is 21.6. The molecule has 0 amide bonds. The van der Waals surface area contributed by atoms with Gasteiger partial charge in [0.2, 0.25) is 5.28 Å². The molecule has 45 heavy (non-hydrogen) atoms. The molecule has 1 saturated carbocycles. The van der Waals surface area contributed by atoms with Gasteiger partial charge in [-0.3, -0.25) is 4.57 Å². The second-order valence-electron chi connectivity index (χ2n) is 14.2. The van der Waals surface area contributed by atoms with Gasteiger partial charge in [-0.1, -0.05) is 107 Å². The van der Waals surface area contributed by atoms with Gasteiger partial charge in [0.25, 0.3) is 8.32 Å². The molecule has 0 N–H and O–H groups in total. The third-order valence-corrected chi connectivity index (χ3v) is 14.9. The van der Waals surface area contributed by atoms with Crippen molar-refractivity contribution in [3.63, 3.8) is 0 Å². The van der Waals surface area contributed by atoms with E-state index in [1.165, 1.54) is 36.1 Å². The van der Waals surface area contributed by atoms with Crippen LogP contribution in [0.3, 0.4) is 0 Å². The van der Waals surface area contributed by atoms with E-state index in [-0.39, 0.29) is 28.6 Å². The minimum absolute atomic E-state index is 0.163. The Morgan fingerprint density at radius 3 is 2.18 bits per heavy atom. The number of hydrogen-bond acceptors (Lipinski definition) is 7. The fourth-order valence-electron chi connectivity index (χ4n) is 7.75. The van der Waals surface area contributed by atoms with Crippen molar-refractivity contribution >= 4 is 41.5 Å².